The van der Waals surface area contributed by atoms with E-state index in [1.807, 2.05) is 6.92 Å². The van der Waals surface area contributed by atoms with Crippen LogP contribution in [0.3, 0.4) is 0 Å². The highest BCUT2D eigenvalue weighted by Gasteiger charge is 2.45. The number of nitrogens with zero attached hydrogens (tertiary/aromatic N) is 1. The van der Waals surface area contributed by atoms with Gasteiger partial charge in [-0.2, -0.15) is 13.2 Å². The smallest absolute Gasteiger partial charge is 0.416 e. The summed E-state index contributed by atoms with van der Waals surface area (Å²) in [7, 11) is -1.84. The molecule has 200 valence electrons. The number of alkyl halides is 3. The van der Waals surface area contributed by atoms with Crippen LogP contribution >= 0.6 is 23.1 Å². The molecule has 0 aliphatic heterocycles. The Morgan fingerprint density at radius 2 is 1.86 bits per heavy atom. The Hall–Kier alpha value is -1.84. The predicted octanol–water partition coefficient (Wildman–Crippen LogP) is 10.0. The summed E-state index contributed by atoms with van der Waals surface area (Å²) < 4.78 is 59.7. The molecule has 0 amide bonds. The Balaban J connectivity index is 1.42. The van der Waals surface area contributed by atoms with Crippen molar-refractivity contribution in [2.24, 2.45) is 5.92 Å². The highest BCUT2D eigenvalue weighted by atomic mass is 32.2. The molecular formula is C28H33F4NOS2Si. The van der Waals surface area contributed by atoms with Gasteiger partial charge in [0.1, 0.15) is 16.6 Å². The first-order valence-electron chi connectivity index (χ1n) is 12.6. The second kappa shape index (κ2) is 11.1. The number of hydrogen-bond donors (Lipinski definition) is 0. The van der Waals surface area contributed by atoms with E-state index in [9.17, 15) is 17.6 Å². The van der Waals surface area contributed by atoms with Gasteiger partial charge in [0.25, 0.3) is 0 Å². The minimum Gasteiger partial charge on any atom is -0.544 e. The molecule has 1 fully saturated rings. The SMILES string of the molecule is CCCC1CCC1[Si](C)(C)Oc1ccc(SCc2sc(-c3ccc(C(F)(F)F)cc3F)nc2C)cc1C. The van der Waals surface area contributed by atoms with Crippen LogP contribution in [0.25, 0.3) is 10.6 Å². The van der Waals surface area contributed by atoms with Crippen LogP contribution in [0, 0.1) is 25.6 Å². The fourth-order valence-corrected chi connectivity index (χ4v) is 10.6. The van der Waals surface area contributed by atoms with E-state index in [-0.39, 0.29) is 5.56 Å². The standard InChI is InChI=1S/C28H33F4NOS2Si/c1-6-7-19-8-13-26(19)37(4,5)34-24-12-10-21(14-17(24)2)35-16-25-18(3)33-27(36-25)22-11-9-20(15-23(22)29)28(30,31)32/h9-12,14-15,19,26H,6-8,13,16H2,1-5H3. The van der Waals surface area contributed by atoms with Gasteiger partial charge in [0.05, 0.1) is 11.3 Å². The summed E-state index contributed by atoms with van der Waals surface area (Å²) in [5.41, 5.74) is 1.69. The third-order valence-corrected chi connectivity index (χ3v) is 13.0. The Morgan fingerprint density at radius 3 is 2.46 bits per heavy atom. The van der Waals surface area contributed by atoms with E-state index in [0.29, 0.717) is 16.8 Å². The first kappa shape index (κ1) is 28.2. The monoisotopic (exact) mass is 567 g/mol. The van der Waals surface area contributed by atoms with Gasteiger partial charge >= 0.3 is 6.18 Å². The summed E-state index contributed by atoms with van der Waals surface area (Å²) in [6.07, 6.45) is 0.561. The second-order valence-electron chi connectivity index (χ2n) is 10.4. The Kier molecular flexibility index (Phi) is 8.45. The Bertz CT molecular complexity index is 1260. The van der Waals surface area contributed by atoms with Crippen LogP contribution in [0.5, 0.6) is 5.75 Å². The molecule has 2 nitrogen and oxygen atoms in total. The van der Waals surface area contributed by atoms with E-state index in [1.165, 1.54) is 37.0 Å². The van der Waals surface area contributed by atoms with E-state index in [1.54, 1.807) is 11.8 Å². The van der Waals surface area contributed by atoms with Crippen LogP contribution < -0.4 is 4.43 Å². The van der Waals surface area contributed by atoms with Crippen molar-refractivity contribution in [3.8, 4) is 16.3 Å². The number of thiazole rings is 1. The molecule has 4 rings (SSSR count). The van der Waals surface area contributed by atoms with Gasteiger partial charge in [-0.05, 0) is 86.8 Å². The largest absolute Gasteiger partial charge is 0.544 e. The predicted molar refractivity (Wildman–Crippen MR) is 147 cm³/mol. The van der Waals surface area contributed by atoms with Crippen LogP contribution in [0.1, 0.15) is 54.3 Å². The first-order chi connectivity index (χ1) is 17.4. The fraction of sp³-hybridized carbons (Fsp3) is 0.464. The van der Waals surface area contributed by atoms with Crippen molar-refractivity contribution in [1.82, 2.24) is 4.98 Å². The second-order valence-corrected chi connectivity index (χ2v) is 16.7. The molecule has 2 unspecified atom stereocenters. The molecule has 0 bridgehead atoms. The maximum atomic E-state index is 14.4. The molecule has 1 saturated carbocycles. The zero-order valence-corrected chi connectivity index (χ0v) is 24.5. The molecule has 9 heteroatoms. The molecule has 1 aliphatic carbocycles. The molecule has 0 radical (unpaired) electrons. The number of aromatic nitrogens is 1. The lowest BCUT2D eigenvalue weighted by molar-refractivity contribution is -0.137. The zero-order chi connectivity index (χ0) is 27.0. The molecule has 3 aromatic rings. The normalized spacial score (nSPS) is 18.1. The molecule has 0 N–H and O–H groups in total. The lowest BCUT2D eigenvalue weighted by Crippen LogP contribution is -2.47. The maximum absolute atomic E-state index is 14.4. The van der Waals surface area contributed by atoms with Crippen molar-refractivity contribution in [2.45, 2.75) is 81.9 Å². The third kappa shape index (κ3) is 6.42. The van der Waals surface area contributed by atoms with Gasteiger partial charge in [-0.1, -0.05) is 26.2 Å². The summed E-state index contributed by atoms with van der Waals surface area (Å²) in [5.74, 6) is 1.51. The van der Waals surface area contributed by atoms with Crippen molar-refractivity contribution < 1.29 is 22.0 Å². The zero-order valence-electron chi connectivity index (χ0n) is 21.8. The minimum absolute atomic E-state index is 0.0918. The number of halogens is 4. The van der Waals surface area contributed by atoms with Crippen LogP contribution in [0.4, 0.5) is 17.6 Å². The van der Waals surface area contributed by atoms with Crippen LogP contribution in [0.15, 0.2) is 41.3 Å². The summed E-state index contributed by atoms with van der Waals surface area (Å²) >= 11 is 2.98. The fourth-order valence-electron chi connectivity index (χ4n) is 5.08. The van der Waals surface area contributed by atoms with Gasteiger partial charge in [0, 0.05) is 21.1 Å². The van der Waals surface area contributed by atoms with E-state index in [4.69, 9.17) is 4.43 Å². The van der Waals surface area contributed by atoms with E-state index < -0.39 is 25.9 Å². The number of thioether (sulfide) groups is 1. The average molecular weight is 568 g/mol. The van der Waals surface area contributed by atoms with Gasteiger partial charge in [-0.15, -0.1) is 23.1 Å². The Morgan fingerprint density at radius 1 is 1.11 bits per heavy atom. The summed E-state index contributed by atoms with van der Waals surface area (Å²) in [6, 6.07) is 8.88. The molecule has 37 heavy (non-hydrogen) atoms. The van der Waals surface area contributed by atoms with Crippen LogP contribution in [0.2, 0.25) is 18.6 Å². The number of hydrogen-bond acceptors (Lipinski definition) is 4. The molecule has 0 spiro atoms. The topological polar surface area (TPSA) is 22.1 Å². The average Bonchev–Trinajstić information content (AvgIpc) is 3.16. The van der Waals surface area contributed by atoms with Gasteiger partial charge in [-0.3, -0.25) is 0 Å². The lowest BCUT2D eigenvalue weighted by Gasteiger charge is -2.45. The van der Waals surface area contributed by atoms with Crippen molar-refractivity contribution in [3.63, 3.8) is 0 Å². The summed E-state index contributed by atoms with van der Waals surface area (Å²) in [6.45, 7) is 10.9. The highest BCUT2D eigenvalue weighted by Crippen LogP contribution is 2.49. The van der Waals surface area contributed by atoms with Crippen LogP contribution in [-0.4, -0.2) is 13.3 Å². The van der Waals surface area contributed by atoms with Crippen LogP contribution in [-0.2, 0) is 11.9 Å². The molecule has 0 saturated heterocycles. The Labute approximate surface area is 226 Å². The highest BCUT2D eigenvalue weighted by molar-refractivity contribution is 7.98. The van der Waals surface area contributed by atoms with E-state index in [2.05, 4.69) is 50.1 Å². The van der Waals surface area contributed by atoms with Crippen molar-refractivity contribution in [1.29, 1.82) is 0 Å². The first-order valence-corrected chi connectivity index (χ1v) is 17.4. The number of rotatable bonds is 9. The van der Waals surface area contributed by atoms with E-state index in [0.717, 1.165) is 50.4 Å². The van der Waals surface area contributed by atoms with E-state index >= 15 is 0 Å². The number of aryl methyl sites for hydroxylation is 2. The van der Waals surface area contributed by atoms with Crippen molar-refractivity contribution >= 4 is 31.4 Å². The lowest BCUT2D eigenvalue weighted by atomic mass is 9.81. The summed E-state index contributed by atoms with van der Waals surface area (Å²) in [5, 5.41) is 0.392. The number of benzene rings is 2. The minimum atomic E-state index is -4.58. The molecule has 1 aromatic heterocycles. The molecule has 2 aromatic carbocycles. The molecule has 1 aliphatic rings. The quantitative estimate of drug-likeness (QED) is 0.146. The maximum Gasteiger partial charge on any atom is 0.416 e. The van der Waals surface area contributed by atoms with Gasteiger partial charge < -0.3 is 4.43 Å². The van der Waals surface area contributed by atoms with Gasteiger partial charge in [-0.25, -0.2) is 9.37 Å². The molecule has 2 atom stereocenters. The molecular weight excluding hydrogens is 535 g/mol. The summed E-state index contributed by atoms with van der Waals surface area (Å²) in [4.78, 5) is 6.51. The van der Waals surface area contributed by atoms with Crippen molar-refractivity contribution in [2.75, 3.05) is 0 Å². The van der Waals surface area contributed by atoms with Gasteiger partial charge in [0.2, 0.25) is 8.32 Å². The van der Waals surface area contributed by atoms with Crippen molar-refractivity contribution in [3.05, 3.63) is 63.9 Å². The third-order valence-electron chi connectivity index (χ3n) is 7.28. The van der Waals surface area contributed by atoms with Gasteiger partial charge in [0.15, 0.2) is 0 Å². The molecule has 1 heterocycles.